The Morgan fingerprint density at radius 3 is 2.71 bits per heavy atom. The van der Waals surface area contributed by atoms with Gasteiger partial charge >= 0.3 is 18.2 Å². The molecule has 128 valence electrons. The van der Waals surface area contributed by atoms with Crippen LogP contribution in [0.1, 0.15) is 0 Å². The molecule has 3 rings (SSSR count). The van der Waals surface area contributed by atoms with Gasteiger partial charge in [-0.05, 0) is 18.2 Å². The minimum Gasteiger partial charge on any atom is -0.481 e. The Balaban J connectivity index is 1.74. The molecule has 0 aliphatic carbocycles. The van der Waals surface area contributed by atoms with Gasteiger partial charge in [-0.3, -0.25) is 4.79 Å². The molecule has 1 aliphatic rings. The second kappa shape index (κ2) is 5.93. The molecule has 0 saturated carbocycles. The summed E-state index contributed by atoms with van der Waals surface area (Å²) in [6.07, 6.45) is -4.67. The molecule has 1 fully saturated rings. The van der Waals surface area contributed by atoms with Crippen LogP contribution in [0, 0.1) is 11.8 Å². The van der Waals surface area contributed by atoms with E-state index >= 15 is 0 Å². The summed E-state index contributed by atoms with van der Waals surface area (Å²) in [7, 11) is 0. The first-order chi connectivity index (χ1) is 11.3. The van der Waals surface area contributed by atoms with Gasteiger partial charge in [0.15, 0.2) is 0 Å². The van der Waals surface area contributed by atoms with Crippen LogP contribution in [0.15, 0.2) is 23.7 Å². The van der Waals surface area contributed by atoms with Gasteiger partial charge in [0.25, 0.3) is 0 Å². The molecular weight excluding hydrogens is 347 g/mol. The van der Waals surface area contributed by atoms with E-state index in [2.05, 4.69) is 10.3 Å². The molecule has 0 radical (unpaired) electrons. The number of halogens is 3. The topological polar surface area (TPSA) is 82.5 Å². The second-order valence-electron chi connectivity index (χ2n) is 5.46. The number of hydrogen-bond acceptors (Lipinski definition) is 4. The number of thiazole rings is 1. The number of carboxylic acids is 1. The maximum atomic E-state index is 12.9. The largest absolute Gasteiger partial charge is 0.481 e. The minimum absolute atomic E-state index is 0.416. The van der Waals surface area contributed by atoms with E-state index in [1.54, 1.807) is 23.7 Å². The quantitative estimate of drug-likeness (QED) is 0.864. The first-order valence-electron chi connectivity index (χ1n) is 6.94. The molecule has 2 amide bonds. The zero-order valence-corrected chi connectivity index (χ0v) is 12.9. The molecule has 1 aromatic heterocycles. The average molecular weight is 359 g/mol. The van der Waals surface area contributed by atoms with E-state index < -0.39 is 43.1 Å². The Labute approximate surface area is 137 Å². The van der Waals surface area contributed by atoms with Crippen LogP contribution in [-0.4, -0.2) is 46.3 Å². The Morgan fingerprint density at radius 1 is 1.33 bits per heavy atom. The summed E-state index contributed by atoms with van der Waals surface area (Å²) in [5.41, 5.74) is 2.81. The molecule has 2 atom stereocenters. The smallest absolute Gasteiger partial charge is 0.394 e. The molecule has 2 N–H and O–H groups in total. The van der Waals surface area contributed by atoms with Crippen molar-refractivity contribution >= 4 is 39.2 Å². The van der Waals surface area contributed by atoms with Gasteiger partial charge in [-0.15, -0.1) is 11.3 Å². The van der Waals surface area contributed by atoms with Crippen molar-refractivity contribution in [1.29, 1.82) is 0 Å². The highest BCUT2D eigenvalue weighted by molar-refractivity contribution is 7.16. The maximum absolute atomic E-state index is 12.9. The zero-order chi connectivity index (χ0) is 17.5. The van der Waals surface area contributed by atoms with Crippen molar-refractivity contribution in [1.82, 2.24) is 9.88 Å². The standard InChI is InChI=1S/C14H12F3N3O3S/c15-14(16,17)9-5-20(4-8(9)12(21)22)13(23)19-7-1-2-10-11(3-7)24-6-18-10/h1-3,6,8-9H,4-5H2,(H,19,23)(H,21,22)/t8-,9-/m1/s1. The molecule has 6 nitrogen and oxygen atoms in total. The van der Waals surface area contributed by atoms with Crippen LogP contribution in [-0.2, 0) is 4.79 Å². The number of hydrogen-bond donors (Lipinski definition) is 2. The fraction of sp³-hybridized carbons (Fsp3) is 0.357. The van der Waals surface area contributed by atoms with E-state index in [1.807, 2.05) is 0 Å². The number of carbonyl (C=O) groups excluding carboxylic acids is 1. The van der Waals surface area contributed by atoms with Crippen LogP contribution in [0.25, 0.3) is 10.2 Å². The third kappa shape index (κ3) is 3.14. The van der Waals surface area contributed by atoms with Gasteiger partial charge in [-0.25, -0.2) is 9.78 Å². The van der Waals surface area contributed by atoms with Crippen LogP contribution in [0.4, 0.5) is 23.7 Å². The predicted octanol–water partition coefficient (Wildman–Crippen LogP) is 3.02. The Bertz CT molecular complexity index is 792. The number of alkyl halides is 3. The van der Waals surface area contributed by atoms with Crippen molar-refractivity contribution in [2.75, 3.05) is 18.4 Å². The SMILES string of the molecule is O=C(O)[C@@H]1CN(C(=O)Nc2ccc3ncsc3c2)C[C@H]1C(F)(F)F. The van der Waals surface area contributed by atoms with E-state index in [-0.39, 0.29) is 0 Å². The Morgan fingerprint density at radius 2 is 2.08 bits per heavy atom. The highest BCUT2D eigenvalue weighted by Crippen LogP contribution is 2.38. The van der Waals surface area contributed by atoms with Crippen molar-refractivity contribution in [3.8, 4) is 0 Å². The number of fused-ring (bicyclic) bond motifs is 1. The van der Waals surface area contributed by atoms with E-state index in [4.69, 9.17) is 5.11 Å². The van der Waals surface area contributed by atoms with Crippen LogP contribution in [0.5, 0.6) is 0 Å². The highest BCUT2D eigenvalue weighted by Gasteiger charge is 2.53. The van der Waals surface area contributed by atoms with Crippen molar-refractivity contribution < 1.29 is 27.9 Å². The molecule has 2 heterocycles. The predicted molar refractivity (Wildman–Crippen MR) is 80.9 cm³/mol. The number of nitrogens with one attached hydrogen (secondary N) is 1. The molecule has 1 saturated heterocycles. The number of benzene rings is 1. The summed E-state index contributed by atoms with van der Waals surface area (Å²) in [5.74, 6) is -5.27. The zero-order valence-electron chi connectivity index (χ0n) is 12.1. The number of carboxylic acid groups (broad SMARTS) is 1. The van der Waals surface area contributed by atoms with Gasteiger partial charge in [0.1, 0.15) is 0 Å². The van der Waals surface area contributed by atoms with Crippen LogP contribution < -0.4 is 5.32 Å². The number of aromatic nitrogens is 1. The second-order valence-corrected chi connectivity index (χ2v) is 6.35. The van der Waals surface area contributed by atoms with E-state index in [0.717, 1.165) is 15.1 Å². The van der Waals surface area contributed by atoms with Gasteiger partial charge in [0, 0.05) is 18.8 Å². The monoisotopic (exact) mass is 359 g/mol. The van der Waals surface area contributed by atoms with Crippen molar-refractivity contribution in [2.45, 2.75) is 6.18 Å². The number of urea groups is 1. The van der Waals surface area contributed by atoms with E-state index in [1.165, 1.54) is 11.3 Å². The number of likely N-dealkylation sites (tertiary alicyclic amines) is 1. The molecule has 1 aliphatic heterocycles. The summed E-state index contributed by atoms with van der Waals surface area (Å²) in [6.45, 7) is -1.15. The molecule has 0 bridgehead atoms. The third-order valence-electron chi connectivity index (χ3n) is 3.93. The lowest BCUT2D eigenvalue weighted by Crippen LogP contribution is -2.35. The normalized spacial score (nSPS) is 21.2. The fourth-order valence-electron chi connectivity index (χ4n) is 2.69. The molecule has 0 spiro atoms. The summed E-state index contributed by atoms with van der Waals surface area (Å²) in [4.78, 5) is 28.2. The minimum atomic E-state index is -4.67. The lowest BCUT2D eigenvalue weighted by Gasteiger charge is -2.18. The summed E-state index contributed by atoms with van der Waals surface area (Å²) >= 11 is 1.37. The number of amides is 2. The summed E-state index contributed by atoms with van der Waals surface area (Å²) < 4.78 is 39.7. The lowest BCUT2D eigenvalue weighted by molar-refractivity contribution is -0.187. The number of anilines is 1. The Kier molecular flexibility index (Phi) is 4.08. The van der Waals surface area contributed by atoms with Gasteiger partial charge in [0.05, 0.1) is 27.6 Å². The molecule has 1 aromatic carbocycles. The van der Waals surface area contributed by atoms with Gasteiger partial charge < -0.3 is 15.3 Å². The number of carbonyl (C=O) groups is 2. The summed E-state index contributed by atoms with van der Waals surface area (Å²) in [5, 5.41) is 11.5. The molecule has 0 unspecified atom stereocenters. The first-order valence-corrected chi connectivity index (χ1v) is 7.82. The van der Waals surface area contributed by atoms with Gasteiger partial charge in [0.2, 0.25) is 0 Å². The lowest BCUT2D eigenvalue weighted by atomic mass is 9.96. The van der Waals surface area contributed by atoms with Crippen molar-refractivity contribution in [3.05, 3.63) is 23.7 Å². The van der Waals surface area contributed by atoms with E-state index in [0.29, 0.717) is 5.69 Å². The first kappa shape index (κ1) is 16.5. The highest BCUT2D eigenvalue weighted by atomic mass is 32.1. The summed E-state index contributed by atoms with van der Waals surface area (Å²) in [6, 6.07) is 4.18. The average Bonchev–Trinajstić information content (AvgIpc) is 3.13. The number of aliphatic carboxylic acids is 1. The van der Waals surface area contributed by atoms with E-state index in [9.17, 15) is 22.8 Å². The van der Waals surface area contributed by atoms with Gasteiger partial charge in [-0.2, -0.15) is 13.2 Å². The van der Waals surface area contributed by atoms with Crippen LogP contribution in [0.2, 0.25) is 0 Å². The van der Waals surface area contributed by atoms with Crippen molar-refractivity contribution in [2.24, 2.45) is 11.8 Å². The fourth-order valence-corrected chi connectivity index (χ4v) is 3.40. The maximum Gasteiger partial charge on any atom is 0.394 e. The number of nitrogens with zero attached hydrogens (tertiary/aromatic N) is 2. The number of rotatable bonds is 2. The van der Waals surface area contributed by atoms with Crippen LogP contribution >= 0.6 is 11.3 Å². The molecule has 2 aromatic rings. The molecular formula is C14H12F3N3O3S. The van der Waals surface area contributed by atoms with Gasteiger partial charge in [-0.1, -0.05) is 0 Å². The Hall–Kier alpha value is -2.36. The van der Waals surface area contributed by atoms with Crippen molar-refractivity contribution in [3.63, 3.8) is 0 Å². The molecule has 10 heteroatoms. The third-order valence-corrected chi connectivity index (χ3v) is 4.72. The molecule has 24 heavy (non-hydrogen) atoms. The van der Waals surface area contributed by atoms with Crippen LogP contribution in [0.3, 0.4) is 0 Å².